The number of nitrogens with two attached hydrogens (primary N) is 1. The van der Waals surface area contributed by atoms with Gasteiger partial charge < -0.3 is 10.2 Å². The minimum Gasteiger partial charge on any atom is -0.458 e. The average Bonchev–Trinajstić information content (AvgIpc) is 2.84. The Bertz CT molecular complexity index is 719. The maximum atomic E-state index is 6.23. The third kappa shape index (κ3) is 2.29. The summed E-state index contributed by atoms with van der Waals surface area (Å²) < 4.78 is 6.78. The Morgan fingerprint density at radius 1 is 1.26 bits per heavy atom. The summed E-state index contributed by atoms with van der Waals surface area (Å²) in [6.45, 7) is 1.95. The molecule has 19 heavy (non-hydrogen) atoms. The van der Waals surface area contributed by atoms with E-state index in [0.29, 0.717) is 0 Å². The Balaban J connectivity index is 2.04. The number of nitrogens with zero attached hydrogens (tertiary/aromatic N) is 1. The van der Waals surface area contributed by atoms with Crippen molar-refractivity contribution in [1.82, 2.24) is 4.98 Å². The number of furan rings is 1. The van der Waals surface area contributed by atoms with Crippen molar-refractivity contribution in [2.75, 3.05) is 0 Å². The van der Waals surface area contributed by atoms with Crippen LogP contribution in [0.5, 0.6) is 0 Å². The van der Waals surface area contributed by atoms with Crippen LogP contribution in [0.3, 0.4) is 0 Å². The van der Waals surface area contributed by atoms with Crippen LogP contribution in [0.4, 0.5) is 0 Å². The molecule has 0 aliphatic heterocycles. The molecule has 96 valence electrons. The summed E-state index contributed by atoms with van der Waals surface area (Å²) in [7, 11) is 0. The van der Waals surface area contributed by atoms with Gasteiger partial charge in [-0.1, -0.05) is 18.2 Å². The molecule has 1 atom stereocenters. The van der Waals surface area contributed by atoms with Gasteiger partial charge in [-0.2, -0.15) is 0 Å². The lowest BCUT2D eigenvalue weighted by molar-refractivity contribution is 0.523. The van der Waals surface area contributed by atoms with Crippen LogP contribution in [-0.2, 0) is 0 Å². The van der Waals surface area contributed by atoms with Gasteiger partial charge in [0.25, 0.3) is 0 Å². The van der Waals surface area contributed by atoms with Crippen LogP contribution in [0.1, 0.15) is 23.1 Å². The summed E-state index contributed by atoms with van der Waals surface area (Å²) in [5, 5.41) is 1.04. The van der Waals surface area contributed by atoms with Crippen molar-refractivity contribution in [3.63, 3.8) is 0 Å². The lowest BCUT2D eigenvalue weighted by Gasteiger charge is -2.08. The Morgan fingerprint density at radius 3 is 2.79 bits per heavy atom. The van der Waals surface area contributed by atoms with Gasteiger partial charge in [-0.05, 0) is 46.6 Å². The minimum absolute atomic E-state index is 0.299. The lowest BCUT2D eigenvalue weighted by Crippen LogP contribution is -2.11. The second-order valence-electron chi connectivity index (χ2n) is 4.52. The van der Waals surface area contributed by atoms with Crippen LogP contribution >= 0.6 is 15.9 Å². The van der Waals surface area contributed by atoms with Gasteiger partial charge in [0.1, 0.15) is 11.3 Å². The molecule has 0 fully saturated rings. The predicted octanol–water partition coefficient (Wildman–Crippen LogP) is 3.95. The van der Waals surface area contributed by atoms with Crippen LogP contribution in [0, 0.1) is 6.92 Å². The van der Waals surface area contributed by atoms with E-state index in [4.69, 9.17) is 10.2 Å². The molecular formula is C15H13BrN2O. The highest BCUT2D eigenvalue weighted by Crippen LogP contribution is 2.30. The molecule has 3 nitrogen and oxygen atoms in total. The van der Waals surface area contributed by atoms with Gasteiger partial charge in [0.15, 0.2) is 0 Å². The number of pyridine rings is 1. The molecule has 2 aromatic heterocycles. The first-order valence-electron chi connectivity index (χ1n) is 6.01. The largest absolute Gasteiger partial charge is 0.458 e. The Hall–Kier alpha value is -1.65. The van der Waals surface area contributed by atoms with Crippen molar-refractivity contribution in [2.24, 2.45) is 5.73 Å². The van der Waals surface area contributed by atoms with Crippen LogP contribution < -0.4 is 5.73 Å². The number of rotatable bonds is 2. The van der Waals surface area contributed by atoms with E-state index in [-0.39, 0.29) is 6.04 Å². The first-order valence-corrected chi connectivity index (χ1v) is 6.80. The van der Waals surface area contributed by atoms with Gasteiger partial charge in [-0.3, -0.25) is 4.98 Å². The summed E-state index contributed by atoms with van der Waals surface area (Å²) in [6, 6.07) is 11.5. The maximum Gasteiger partial charge on any atom is 0.148 e. The average molecular weight is 317 g/mol. The third-order valence-electron chi connectivity index (χ3n) is 3.11. The highest BCUT2D eigenvalue weighted by atomic mass is 79.9. The highest BCUT2D eigenvalue weighted by molar-refractivity contribution is 9.10. The van der Waals surface area contributed by atoms with Gasteiger partial charge in [0, 0.05) is 17.3 Å². The van der Waals surface area contributed by atoms with Gasteiger partial charge >= 0.3 is 0 Å². The van der Waals surface area contributed by atoms with Gasteiger partial charge in [0.2, 0.25) is 0 Å². The number of hydrogen-bond acceptors (Lipinski definition) is 3. The Kier molecular flexibility index (Phi) is 3.12. The van der Waals surface area contributed by atoms with E-state index >= 15 is 0 Å². The zero-order chi connectivity index (χ0) is 13.4. The summed E-state index contributed by atoms with van der Waals surface area (Å²) in [4.78, 5) is 4.27. The van der Waals surface area contributed by atoms with E-state index in [1.807, 2.05) is 43.3 Å². The van der Waals surface area contributed by atoms with Crippen molar-refractivity contribution in [3.05, 3.63) is 64.1 Å². The Morgan fingerprint density at radius 2 is 2.11 bits per heavy atom. The summed E-state index contributed by atoms with van der Waals surface area (Å²) in [5.41, 5.74) is 8.98. The van der Waals surface area contributed by atoms with Crippen molar-refractivity contribution in [2.45, 2.75) is 13.0 Å². The molecule has 0 saturated carbocycles. The fourth-order valence-electron chi connectivity index (χ4n) is 2.03. The fraction of sp³-hybridized carbons (Fsp3) is 0.133. The van der Waals surface area contributed by atoms with E-state index in [1.165, 1.54) is 0 Å². The fourth-order valence-corrected chi connectivity index (χ4v) is 2.49. The van der Waals surface area contributed by atoms with Crippen LogP contribution in [0.2, 0.25) is 0 Å². The second kappa shape index (κ2) is 4.79. The van der Waals surface area contributed by atoms with Gasteiger partial charge in [-0.15, -0.1) is 0 Å². The van der Waals surface area contributed by atoms with Crippen molar-refractivity contribution in [1.29, 1.82) is 0 Å². The smallest absolute Gasteiger partial charge is 0.148 e. The molecule has 0 aliphatic rings. The van der Waals surface area contributed by atoms with Crippen molar-refractivity contribution >= 4 is 26.9 Å². The number of fused-ring (bicyclic) bond motifs is 1. The molecule has 2 N–H and O–H groups in total. The lowest BCUT2D eigenvalue weighted by atomic mass is 10.1. The van der Waals surface area contributed by atoms with Gasteiger partial charge in [-0.25, -0.2) is 0 Å². The maximum absolute atomic E-state index is 6.23. The molecule has 3 aromatic rings. The highest BCUT2D eigenvalue weighted by Gasteiger charge is 2.15. The van der Waals surface area contributed by atoms with E-state index < -0.39 is 0 Å². The van der Waals surface area contributed by atoms with Gasteiger partial charge in [0.05, 0.1) is 10.5 Å². The topological polar surface area (TPSA) is 52.0 Å². The Labute approximate surface area is 119 Å². The SMILES string of the molecule is Cc1ccc(C(N)c2cc3cccc(Br)c3o2)cn1. The molecule has 0 aliphatic carbocycles. The quantitative estimate of drug-likeness (QED) is 0.779. The minimum atomic E-state index is -0.299. The standard InChI is InChI=1S/C15H13BrN2O/c1-9-5-6-11(8-18-9)14(17)13-7-10-3-2-4-12(16)15(10)19-13/h2-8,14H,17H2,1H3. The third-order valence-corrected chi connectivity index (χ3v) is 3.74. The van der Waals surface area contributed by atoms with Crippen LogP contribution in [-0.4, -0.2) is 4.98 Å². The molecule has 1 unspecified atom stereocenters. The number of para-hydroxylation sites is 1. The number of aromatic nitrogens is 1. The first kappa shape index (κ1) is 12.4. The second-order valence-corrected chi connectivity index (χ2v) is 5.37. The normalized spacial score (nSPS) is 12.8. The molecule has 0 bridgehead atoms. The molecule has 1 aromatic carbocycles. The number of benzene rings is 1. The summed E-state index contributed by atoms with van der Waals surface area (Å²) >= 11 is 3.48. The number of aryl methyl sites for hydroxylation is 1. The number of halogens is 1. The molecule has 2 heterocycles. The zero-order valence-electron chi connectivity index (χ0n) is 10.4. The molecule has 0 amide bonds. The van der Waals surface area contributed by atoms with E-state index in [2.05, 4.69) is 20.9 Å². The zero-order valence-corrected chi connectivity index (χ0v) is 12.0. The van der Waals surface area contributed by atoms with Crippen LogP contribution in [0.25, 0.3) is 11.0 Å². The van der Waals surface area contributed by atoms with E-state index in [9.17, 15) is 0 Å². The molecular weight excluding hydrogens is 304 g/mol. The van der Waals surface area contributed by atoms with E-state index in [0.717, 1.165) is 32.5 Å². The summed E-state index contributed by atoms with van der Waals surface area (Å²) in [6.07, 6.45) is 1.79. The van der Waals surface area contributed by atoms with Crippen molar-refractivity contribution in [3.8, 4) is 0 Å². The van der Waals surface area contributed by atoms with Crippen molar-refractivity contribution < 1.29 is 4.42 Å². The first-order chi connectivity index (χ1) is 9.15. The van der Waals surface area contributed by atoms with E-state index in [1.54, 1.807) is 6.20 Å². The monoisotopic (exact) mass is 316 g/mol. The number of hydrogen-bond donors (Lipinski definition) is 1. The molecule has 4 heteroatoms. The molecule has 0 saturated heterocycles. The molecule has 3 rings (SSSR count). The predicted molar refractivity (Wildman–Crippen MR) is 78.9 cm³/mol. The molecule has 0 radical (unpaired) electrons. The van der Waals surface area contributed by atoms with Crippen LogP contribution in [0.15, 0.2) is 51.5 Å². The molecule has 0 spiro atoms. The summed E-state index contributed by atoms with van der Waals surface area (Å²) in [5.74, 6) is 0.743.